The van der Waals surface area contributed by atoms with Gasteiger partial charge in [0, 0.05) is 0 Å². The van der Waals surface area contributed by atoms with E-state index >= 15 is 0 Å². The van der Waals surface area contributed by atoms with Crippen molar-refractivity contribution in [2.75, 3.05) is 6.61 Å². The molecule has 0 amide bonds. The van der Waals surface area contributed by atoms with E-state index in [4.69, 9.17) is 9.47 Å². The molecule has 1 unspecified atom stereocenters. The molecule has 0 aliphatic heterocycles. The zero-order valence-corrected chi connectivity index (χ0v) is 13.4. The predicted molar refractivity (Wildman–Crippen MR) is 76.0 cm³/mol. The molecule has 0 aromatic carbocycles. The molecule has 20 heavy (non-hydrogen) atoms. The van der Waals surface area contributed by atoms with E-state index in [9.17, 15) is 14.7 Å². The highest BCUT2D eigenvalue weighted by molar-refractivity contribution is 5.80. The summed E-state index contributed by atoms with van der Waals surface area (Å²) in [6, 6.07) is 0. The van der Waals surface area contributed by atoms with E-state index in [1.54, 1.807) is 27.7 Å². The third-order valence-corrected chi connectivity index (χ3v) is 2.80. The summed E-state index contributed by atoms with van der Waals surface area (Å²) in [7, 11) is 0. The van der Waals surface area contributed by atoms with E-state index in [0.717, 1.165) is 0 Å². The molecule has 5 heteroatoms. The molecular weight excluding hydrogens is 260 g/mol. The average molecular weight is 288 g/mol. The van der Waals surface area contributed by atoms with Crippen molar-refractivity contribution in [1.82, 2.24) is 0 Å². The molecule has 0 radical (unpaired) electrons. The van der Waals surface area contributed by atoms with Crippen LogP contribution in [-0.4, -0.2) is 35.4 Å². The number of aliphatic hydroxyl groups is 1. The molecule has 0 aliphatic rings. The third kappa shape index (κ3) is 8.15. The average Bonchev–Trinajstić information content (AvgIpc) is 2.29. The van der Waals surface area contributed by atoms with Crippen molar-refractivity contribution in [3.8, 4) is 0 Å². The molecule has 0 bridgehead atoms. The van der Waals surface area contributed by atoms with Crippen molar-refractivity contribution in [2.45, 2.75) is 66.1 Å². The van der Waals surface area contributed by atoms with E-state index in [-0.39, 0.29) is 18.9 Å². The Hall–Kier alpha value is -1.10. The van der Waals surface area contributed by atoms with Crippen LogP contribution in [0, 0.1) is 11.8 Å². The Morgan fingerprint density at radius 3 is 2.15 bits per heavy atom. The molecule has 0 aromatic rings. The third-order valence-electron chi connectivity index (χ3n) is 2.80. The summed E-state index contributed by atoms with van der Waals surface area (Å²) in [5.74, 6) is -1.45. The minimum Gasteiger partial charge on any atom is -0.463 e. The van der Waals surface area contributed by atoms with Gasteiger partial charge in [-0.3, -0.25) is 9.59 Å². The first-order valence-electron chi connectivity index (χ1n) is 7.13. The van der Waals surface area contributed by atoms with Crippen molar-refractivity contribution < 1.29 is 24.2 Å². The van der Waals surface area contributed by atoms with E-state index in [1.165, 1.54) is 0 Å². The van der Waals surface area contributed by atoms with Crippen LogP contribution in [0.3, 0.4) is 0 Å². The van der Waals surface area contributed by atoms with Gasteiger partial charge in [0.15, 0.2) is 0 Å². The number of carbonyl (C=O) groups excluding carboxylic acids is 2. The van der Waals surface area contributed by atoms with Crippen LogP contribution in [0.2, 0.25) is 0 Å². The van der Waals surface area contributed by atoms with Gasteiger partial charge >= 0.3 is 11.9 Å². The second-order valence-electron chi connectivity index (χ2n) is 6.33. The van der Waals surface area contributed by atoms with Gasteiger partial charge < -0.3 is 14.6 Å². The lowest BCUT2D eigenvalue weighted by Crippen LogP contribution is -2.31. The topological polar surface area (TPSA) is 72.8 Å². The maximum Gasteiger partial charge on any atom is 0.309 e. The number of aliphatic hydroxyl groups excluding tert-OH is 1. The largest absolute Gasteiger partial charge is 0.463 e. The van der Waals surface area contributed by atoms with Crippen molar-refractivity contribution >= 4 is 11.9 Å². The summed E-state index contributed by atoms with van der Waals surface area (Å²) in [5, 5.41) is 9.39. The summed E-state index contributed by atoms with van der Waals surface area (Å²) in [6.45, 7) is 10.8. The fourth-order valence-electron chi connectivity index (χ4n) is 1.56. The highest BCUT2D eigenvalue weighted by Gasteiger charge is 2.29. The lowest BCUT2D eigenvalue weighted by atomic mass is 9.92. The van der Waals surface area contributed by atoms with Crippen molar-refractivity contribution in [3.05, 3.63) is 0 Å². The zero-order valence-electron chi connectivity index (χ0n) is 13.4. The van der Waals surface area contributed by atoms with Gasteiger partial charge in [-0.1, -0.05) is 20.8 Å². The van der Waals surface area contributed by atoms with Gasteiger partial charge in [-0.2, -0.15) is 0 Å². The molecular formula is C15H28O5. The van der Waals surface area contributed by atoms with Crippen LogP contribution in [0.15, 0.2) is 0 Å². The Kier molecular flexibility index (Phi) is 7.79. The van der Waals surface area contributed by atoms with Crippen molar-refractivity contribution in [2.24, 2.45) is 11.8 Å². The molecule has 0 spiro atoms. The molecule has 0 fully saturated rings. The van der Waals surface area contributed by atoms with E-state index < -0.39 is 29.6 Å². The van der Waals surface area contributed by atoms with Crippen LogP contribution in [0.25, 0.3) is 0 Å². The molecule has 1 N–H and O–H groups in total. The number of esters is 2. The number of carbonyl (C=O) groups is 2. The maximum atomic E-state index is 12.0. The van der Waals surface area contributed by atoms with Gasteiger partial charge in [0.2, 0.25) is 0 Å². The SMILES string of the molecule is CC[C@@H](O)COC(=O)C(CC(=O)OC(C)(C)C)C(C)C. The fraction of sp³-hybridized carbons (Fsp3) is 0.867. The van der Waals surface area contributed by atoms with Gasteiger partial charge in [0.1, 0.15) is 12.2 Å². The number of ether oxygens (including phenoxy) is 2. The second kappa shape index (κ2) is 8.25. The van der Waals surface area contributed by atoms with Gasteiger partial charge in [0.25, 0.3) is 0 Å². The van der Waals surface area contributed by atoms with Gasteiger partial charge in [-0.15, -0.1) is 0 Å². The van der Waals surface area contributed by atoms with Crippen LogP contribution in [0.1, 0.15) is 54.4 Å². The Bertz CT molecular complexity index is 317. The predicted octanol–water partition coefficient (Wildman–Crippen LogP) is 2.30. The first kappa shape index (κ1) is 18.9. The molecule has 0 aliphatic carbocycles. The standard InChI is InChI=1S/C15H28O5/c1-7-11(16)9-19-14(18)12(10(2)3)8-13(17)20-15(4,5)6/h10-12,16H,7-9H2,1-6H3/t11-,12?/m1/s1. The Morgan fingerprint density at radius 2 is 1.75 bits per heavy atom. The minimum atomic E-state index is -0.659. The Balaban J connectivity index is 4.49. The minimum absolute atomic E-state index is 0.00398. The monoisotopic (exact) mass is 288 g/mol. The molecule has 0 saturated carbocycles. The molecule has 0 heterocycles. The maximum absolute atomic E-state index is 12.0. The lowest BCUT2D eigenvalue weighted by molar-refractivity contribution is -0.164. The fourth-order valence-corrected chi connectivity index (χ4v) is 1.56. The first-order chi connectivity index (χ1) is 9.06. The Labute approximate surface area is 121 Å². The Morgan fingerprint density at radius 1 is 1.20 bits per heavy atom. The smallest absolute Gasteiger partial charge is 0.309 e. The van der Waals surface area contributed by atoms with Gasteiger partial charge in [0.05, 0.1) is 18.4 Å². The van der Waals surface area contributed by atoms with Crippen molar-refractivity contribution in [1.29, 1.82) is 0 Å². The molecule has 0 saturated heterocycles. The van der Waals surface area contributed by atoms with Crippen LogP contribution < -0.4 is 0 Å². The summed E-state index contributed by atoms with van der Waals surface area (Å²) < 4.78 is 10.3. The van der Waals surface area contributed by atoms with E-state index in [0.29, 0.717) is 6.42 Å². The molecule has 0 rings (SSSR count). The first-order valence-corrected chi connectivity index (χ1v) is 7.13. The quantitative estimate of drug-likeness (QED) is 0.728. The van der Waals surface area contributed by atoms with Crippen LogP contribution >= 0.6 is 0 Å². The second-order valence-corrected chi connectivity index (χ2v) is 6.33. The van der Waals surface area contributed by atoms with Crippen LogP contribution in [0.5, 0.6) is 0 Å². The number of hydrogen-bond donors (Lipinski definition) is 1. The molecule has 118 valence electrons. The highest BCUT2D eigenvalue weighted by atomic mass is 16.6. The zero-order chi connectivity index (χ0) is 15.9. The summed E-state index contributed by atoms with van der Waals surface area (Å²) in [5.41, 5.74) is -0.569. The normalized spacial score (nSPS) is 14.8. The highest BCUT2D eigenvalue weighted by Crippen LogP contribution is 2.20. The van der Waals surface area contributed by atoms with Crippen molar-refractivity contribution in [3.63, 3.8) is 0 Å². The summed E-state index contributed by atoms with van der Waals surface area (Å²) >= 11 is 0. The van der Waals surface area contributed by atoms with Gasteiger partial charge in [-0.25, -0.2) is 0 Å². The lowest BCUT2D eigenvalue weighted by Gasteiger charge is -2.23. The molecule has 2 atom stereocenters. The van der Waals surface area contributed by atoms with Crippen LogP contribution in [-0.2, 0) is 19.1 Å². The number of rotatable bonds is 7. The van der Waals surface area contributed by atoms with Gasteiger partial charge in [-0.05, 0) is 33.1 Å². The number of hydrogen-bond acceptors (Lipinski definition) is 5. The van der Waals surface area contributed by atoms with E-state index in [1.807, 2.05) is 13.8 Å². The molecule has 0 aromatic heterocycles. The molecule has 5 nitrogen and oxygen atoms in total. The van der Waals surface area contributed by atoms with E-state index in [2.05, 4.69) is 0 Å². The van der Waals surface area contributed by atoms with Crippen LogP contribution in [0.4, 0.5) is 0 Å². The summed E-state index contributed by atoms with van der Waals surface area (Å²) in [6.07, 6.45) is -0.143. The summed E-state index contributed by atoms with van der Waals surface area (Å²) in [4.78, 5) is 23.8.